The molecule has 1 aliphatic heterocycles. The van der Waals surface area contributed by atoms with Gasteiger partial charge >= 0.3 is 0 Å². The van der Waals surface area contributed by atoms with E-state index in [1.807, 2.05) is 87.4 Å². The van der Waals surface area contributed by atoms with Crippen LogP contribution in [0.4, 0.5) is 0 Å². The summed E-state index contributed by atoms with van der Waals surface area (Å²) in [6.45, 7) is 5.42. The molecule has 8 nitrogen and oxygen atoms in total. The fourth-order valence-corrected chi connectivity index (χ4v) is 4.54. The van der Waals surface area contributed by atoms with Crippen LogP contribution < -0.4 is 4.74 Å². The standard InChI is InChI=1S/C28H32N4O4/c1-5-36-22-14-12-20(13-15-22)25-24(27(34)28(35)31(25)17-9-16-30(3)4)26(33)23-18-29-32(19(23)2)21-10-7-6-8-11-21/h6-8,10-15,18,25,33H,5,9,16-17H2,1-4H3/b26-24+/t25-/m0/s1. The molecule has 36 heavy (non-hydrogen) atoms. The van der Waals surface area contributed by atoms with Crippen LogP contribution in [0.5, 0.6) is 5.75 Å². The summed E-state index contributed by atoms with van der Waals surface area (Å²) < 4.78 is 7.27. The summed E-state index contributed by atoms with van der Waals surface area (Å²) in [6, 6.07) is 16.2. The highest BCUT2D eigenvalue weighted by Gasteiger charge is 2.46. The number of ketones is 1. The van der Waals surface area contributed by atoms with E-state index in [0.29, 0.717) is 36.6 Å². The third-order valence-corrected chi connectivity index (χ3v) is 6.32. The van der Waals surface area contributed by atoms with Crippen LogP contribution in [0, 0.1) is 6.92 Å². The van der Waals surface area contributed by atoms with Gasteiger partial charge in [-0.25, -0.2) is 4.68 Å². The van der Waals surface area contributed by atoms with Crippen LogP contribution in [0.15, 0.2) is 66.4 Å². The van der Waals surface area contributed by atoms with Crippen LogP contribution in [-0.4, -0.2) is 70.2 Å². The lowest BCUT2D eigenvalue weighted by Gasteiger charge is -2.26. The number of benzene rings is 2. The summed E-state index contributed by atoms with van der Waals surface area (Å²) in [5.74, 6) is -0.821. The van der Waals surface area contributed by atoms with Gasteiger partial charge in [0.25, 0.3) is 11.7 Å². The number of para-hydroxylation sites is 1. The second-order valence-electron chi connectivity index (χ2n) is 9.04. The van der Waals surface area contributed by atoms with Crippen molar-refractivity contribution in [2.24, 2.45) is 0 Å². The van der Waals surface area contributed by atoms with Crippen LogP contribution in [0.2, 0.25) is 0 Å². The zero-order chi connectivity index (χ0) is 25.8. The molecular weight excluding hydrogens is 456 g/mol. The molecule has 0 radical (unpaired) electrons. The molecule has 0 unspecified atom stereocenters. The normalized spacial score (nSPS) is 17.2. The van der Waals surface area contributed by atoms with Gasteiger partial charge in [0.2, 0.25) is 0 Å². The van der Waals surface area contributed by atoms with E-state index in [1.54, 1.807) is 9.58 Å². The number of aromatic nitrogens is 2. The summed E-state index contributed by atoms with van der Waals surface area (Å²) in [5, 5.41) is 15.9. The van der Waals surface area contributed by atoms with Gasteiger partial charge in [-0.15, -0.1) is 0 Å². The maximum Gasteiger partial charge on any atom is 0.295 e. The molecule has 3 aromatic rings. The van der Waals surface area contributed by atoms with E-state index in [0.717, 1.165) is 17.8 Å². The van der Waals surface area contributed by atoms with Crippen LogP contribution in [0.1, 0.15) is 36.2 Å². The Balaban J connectivity index is 1.79. The fraction of sp³-hybridized carbons (Fsp3) is 0.321. The molecule has 4 rings (SSSR count). The highest BCUT2D eigenvalue weighted by Crippen LogP contribution is 2.40. The zero-order valence-electron chi connectivity index (χ0n) is 21.1. The Labute approximate surface area is 211 Å². The number of Topliss-reactive ketones (excluding diaryl/α,β-unsaturated/α-hetero) is 1. The van der Waals surface area contributed by atoms with Crippen molar-refractivity contribution >= 4 is 17.4 Å². The van der Waals surface area contributed by atoms with Gasteiger partial charge < -0.3 is 19.6 Å². The predicted molar refractivity (Wildman–Crippen MR) is 138 cm³/mol. The average Bonchev–Trinajstić information content (AvgIpc) is 3.37. The minimum absolute atomic E-state index is 0.0738. The van der Waals surface area contributed by atoms with Gasteiger partial charge in [-0.2, -0.15) is 5.10 Å². The van der Waals surface area contributed by atoms with Crippen molar-refractivity contribution < 1.29 is 19.4 Å². The fourth-order valence-electron chi connectivity index (χ4n) is 4.54. The minimum atomic E-state index is -0.706. The first-order valence-corrected chi connectivity index (χ1v) is 12.1. The first-order chi connectivity index (χ1) is 17.3. The molecule has 0 aliphatic carbocycles. The molecule has 188 valence electrons. The summed E-state index contributed by atoms with van der Waals surface area (Å²) in [4.78, 5) is 30.1. The molecule has 0 saturated carbocycles. The first-order valence-electron chi connectivity index (χ1n) is 12.1. The van der Waals surface area contributed by atoms with E-state index >= 15 is 0 Å². The Morgan fingerprint density at radius 1 is 1.08 bits per heavy atom. The van der Waals surface area contributed by atoms with Crippen molar-refractivity contribution in [3.05, 3.63) is 83.2 Å². The molecule has 8 heteroatoms. The van der Waals surface area contributed by atoms with Gasteiger partial charge in [0.05, 0.1) is 41.4 Å². The Hall–Kier alpha value is -3.91. The van der Waals surface area contributed by atoms with E-state index in [4.69, 9.17) is 4.74 Å². The molecule has 1 saturated heterocycles. The van der Waals surface area contributed by atoms with Crippen LogP contribution in [0.3, 0.4) is 0 Å². The summed E-state index contributed by atoms with van der Waals surface area (Å²) in [5.41, 5.74) is 2.73. The molecular formula is C28H32N4O4. The highest BCUT2D eigenvalue weighted by atomic mass is 16.5. The number of carbonyl (C=O) groups excluding carboxylic acids is 2. The third kappa shape index (κ3) is 4.90. The van der Waals surface area contributed by atoms with Gasteiger partial charge in [-0.1, -0.05) is 30.3 Å². The van der Waals surface area contributed by atoms with Crippen molar-refractivity contribution in [3.63, 3.8) is 0 Å². The number of hydrogen-bond donors (Lipinski definition) is 1. The molecule has 1 fully saturated rings. The lowest BCUT2D eigenvalue weighted by atomic mass is 9.95. The number of ether oxygens (including phenoxy) is 1. The largest absolute Gasteiger partial charge is 0.507 e. The van der Waals surface area contributed by atoms with Crippen LogP contribution in [0.25, 0.3) is 11.4 Å². The lowest BCUT2D eigenvalue weighted by molar-refractivity contribution is -0.139. The lowest BCUT2D eigenvalue weighted by Crippen LogP contribution is -2.32. The summed E-state index contributed by atoms with van der Waals surface area (Å²) in [7, 11) is 3.93. The molecule has 0 spiro atoms. The van der Waals surface area contributed by atoms with E-state index in [9.17, 15) is 14.7 Å². The van der Waals surface area contributed by atoms with Gasteiger partial charge in [0, 0.05) is 6.54 Å². The van der Waals surface area contributed by atoms with Gasteiger partial charge in [-0.05, 0) is 70.7 Å². The number of rotatable bonds is 9. The Morgan fingerprint density at radius 3 is 2.42 bits per heavy atom. The molecule has 1 N–H and O–H groups in total. The molecule has 2 heterocycles. The summed E-state index contributed by atoms with van der Waals surface area (Å²) in [6.07, 6.45) is 2.23. The molecule has 1 amide bonds. The number of aliphatic hydroxyl groups is 1. The number of aliphatic hydroxyl groups excluding tert-OH is 1. The van der Waals surface area contributed by atoms with E-state index in [2.05, 4.69) is 5.10 Å². The number of amides is 1. The van der Waals surface area contributed by atoms with Crippen LogP contribution in [-0.2, 0) is 9.59 Å². The van der Waals surface area contributed by atoms with Crippen molar-refractivity contribution in [3.8, 4) is 11.4 Å². The van der Waals surface area contributed by atoms with Crippen LogP contribution >= 0.6 is 0 Å². The average molecular weight is 489 g/mol. The molecule has 0 bridgehead atoms. The molecule has 1 aliphatic rings. The maximum atomic E-state index is 13.3. The topological polar surface area (TPSA) is 87.9 Å². The molecule has 1 aromatic heterocycles. The number of carbonyl (C=O) groups is 2. The first kappa shape index (κ1) is 25.2. The minimum Gasteiger partial charge on any atom is -0.507 e. The Morgan fingerprint density at radius 2 is 1.78 bits per heavy atom. The van der Waals surface area contributed by atoms with Crippen molar-refractivity contribution in [2.45, 2.75) is 26.3 Å². The van der Waals surface area contributed by atoms with Crippen molar-refractivity contribution in [1.29, 1.82) is 0 Å². The maximum absolute atomic E-state index is 13.3. The second-order valence-corrected chi connectivity index (χ2v) is 9.04. The van der Waals surface area contributed by atoms with Crippen molar-refractivity contribution in [1.82, 2.24) is 19.6 Å². The Kier molecular flexibility index (Phi) is 7.55. The van der Waals surface area contributed by atoms with E-state index in [1.165, 1.54) is 6.20 Å². The molecule has 2 aromatic carbocycles. The van der Waals surface area contributed by atoms with Crippen molar-refractivity contribution in [2.75, 3.05) is 33.8 Å². The van der Waals surface area contributed by atoms with E-state index in [-0.39, 0.29) is 11.3 Å². The summed E-state index contributed by atoms with van der Waals surface area (Å²) >= 11 is 0. The SMILES string of the molecule is CCOc1ccc([C@H]2/C(=C(\O)c3cnn(-c4ccccc4)c3C)C(=O)C(=O)N2CCCN(C)C)cc1. The quantitative estimate of drug-likeness (QED) is 0.279. The smallest absolute Gasteiger partial charge is 0.295 e. The van der Waals surface area contributed by atoms with Gasteiger partial charge in [0.1, 0.15) is 11.5 Å². The molecule has 1 atom stereocenters. The van der Waals surface area contributed by atoms with Gasteiger partial charge in [0.15, 0.2) is 0 Å². The number of nitrogens with zero attached hydrogens (tertiary/aromatic N) is 4. The second kappa shape index (κ2) is 10.8. The monoisotopic (exact) mass is 488 g/mol. The van der Waals surface area contributed by atoms with E-state index < -0.39 is 17.7 Å². The predicted octanol–water partition coefficient (Wildman–Crippen LogP) is 3.95. The van der Waals surface area contributed by atoms with Gasteiger partial charge in [-0.3, -0.25) is 9.59 Å². The number of hydrogen-bond acceptors (Lipinski definition) is 6. The zero-order valence-corrected chi connectivity index (χ0v) is 21.1. The third-order valence-electron chi connectivity index (χ3n) is 6.32. The number of likely N-dealkylation sites (tertiary alicyclic amines) is 1. The highest BCUT2D eigenvalue weighted by molar-refractivity contribution is 6.46. The Bertz CT molecular complexity index is 1260.